The predicted octanol–water partition coefficient (Wildman–Crippen LogP) is 4.75. The number of aryl methyl sites for hydroxylation is 1. The zero-order chi connectivity index (χ0) is 22.9. The lowest BCUT2D eigenvalue weighted by atomic mass is 9.91. The highest BCUT2D eigenvalue weighted by atomic mass is 15.3. The second-order valence-corrected chi connectivity index (χ2v) is 10.2. The van der Waals surface area contributed by atoms with Gasteiger partial charge in [-0.3, -0.25) is 15.2 Å². The number of nitrogens with one attached hydrogen (secondary N) is 1. The molecule has 3 heterocycles. The molecule has 2 aromatic carbocycles. The fourth-order valence-corrected chi connectivity index (χ4v) is 6.06. The second kappa shape index (κ2) is 9.55. The quantitative estimate of drug-likeness (QED) is 0.602. The first-order chi connectivity index (χ1) is 16.7. The van der Waals surface area contributed by atoms with E-state index in [0.29, 0.717) is 12.1 Å². The molecule has 1 radical (unpaired) electrons. The van der Waals surface area contributed by atoms with Crippen LogP contribution in [-0.2, 0) is 6.42 Å². The molecule has 2 aliphatic heterocycles. The average molecular weight is 455 g/mol. The van der Waals surface area contributed by atoms with E-state index in [9.17, 15) is 0 Å². The molecule has 1 saturated carbocycles. The van der Waals surface area contributed by atoms with E-state index in [1.807, 2.05) is 0 Å². The van der Waals surface area contributed by atoms with Crippen molar-refractivity contribution in [2.45, 2.75) is 51.1 Å². The Kier molecular flexibility index (Phi) is 6.15. The van der Waals surface area contributed by atoms with E-state index >= 15 is 0 Å². The molecule has 0 bridgehead atoms. The van der Waals surface area contributed by atoms with Gasteiger partial charge in [0.15, 0.2) is 0 Å². The summed E-state index contributed by atoms with van der Waals surface area (Å²) in [4.78, 5) is 12.4. The van der Waals surface area contributed by atoms with Crippen LogP contribution in [0.15, 0.2) is 54.6 Å². The number of nitrogens with zero attached hydrogens (tertiary/aromatic N) is 4. The summed E-state index contributed by atoms with van der Waals surface area (Å²) < 4.78 is 0. The molecule has 1 N–H and O–H groups in total. The lowest BCUT2D eigenvalue weighted by Crippen LogP contribution is -2.47. The summed E-state index contributed by atoms with van der Waals surface area (Å²) in [5, 5.41) is 4.90. The first kappa shape index (κ1) is 21.9. The third-order valence-corrected chi connectivity index (χ3v) is 8.00. The zero-order valence-electron chi connectivity index (χ0n) is 20.3. The second-order valence-electron chi connectivity index (χ2n) is 10.2. The number of rotatable bonds is 5. The third kappa shape index (κ3) is 4.39. The highest BCUT2D eigenvalue weighted by Gasteiger charge is 2.35. The van der Waals surface area contributed by atoms with Gasteiger partial charge in [0.2, 0.25) is 0 Å². The minimum atomic E-state index is 0.630. The summed E-state index contributed by atoms with van der Waals surface area (Å²) in [6.07, 6.45) is 6.43. The smallest absolute Gasteiger partial charge is 0.115 e. The van der Waals surface area contributed by atoms with Crippen LogP contribution in [0.1, 0.15) is 36.9 Å². The number of piperazine rings is 1. The van der Waals surface area contributed by atoms with Crippen LogP contribution in [0.4, 0.5) is 11.4 Å². The average Bonchev–Trinajstić information content (AvgIpc) is 3.32. The van der Waals surface area contributed by atoms with Gasteiger partial charge in [-0.2, -0.15) is 0 Å². The van der Waals surface area contributed by atoms with Gasteiger partial charge >= 0.3 is 0 Å². The van der Waals surface area contributed by atoms with Crippen LogP contribution in [0.3, 0.4) is 0 Å². The van der Waals surface area contributed by atoms with E-state index in [2.05, 4.69) is 88.2 Å². The molecule has 3 aliphatic rings. The predicted molar refractivity (Wildman–Crippen MR) is 141 cm³/mol. The van der Waals surface area contributed by atoms with Gasteiger partial charge in [-0.25, -0.2) is 0 Å². The Morgan fingerprint density at radius 2 is 1.79 bits per heavy atom. The summed E-state index contributed by atoms with van der Waals surface area (Å²) >= 11 is 0. The van der Waals surface area contributed by atoms with Crippen molar-refractivity contribution in [1.82, 2.24) is 15.2 Å². The summed E-state index contributed by atoms with van der Waals surface area (Å²) in [7, 11) is 0. The van der Waals surface area contributed by atoms with Crippen molar-refractivity contribution >= 4 is 22.3 Å². The molecule has 3 aromatic rings. The highest BCUT2D eigenvalue weighted by molar-refractivity contribution is 5.92. The van der Waals surface area contributed by atoms with Crippen LogP contribution in [0.25, 0.3) is 10.9 Å². The number of hydrogen-bond acceptors (Lipinski definition) is 5. The summed E-state index contributed by atoms with van der Waals surface area (Å²) in [6, 6.07) is 21.4. The van der Waals surface area contributed by atoms with Crippen LogP contribution >= 0.6 is 0 Å². The molecular weight excluding hydrogens is 418 g/mol. The zero-order valence-corrected chi connectivity index (χ0v) is 20.3. The summed E-state index contributed by atoms with van der Waals surface area (Å²) in [5.74, 6) is 0. The molecule has 34 heavy (non-hydrogen) atoms. The Hall–Kier alpha value is -2.63. The maximum Gasteiger partial charge on any atom is 0.115 e. The molecule has 1 aliphatic carbocycles. The lowest BCUT2D eigenvalue weighted by Gasteiger charge is -2.36. The molecule has 2 unspecified atom stereocenters. The molecule has 0 spiro atoms. The fourth-order valence-electron chi connectivity index (χ4n) is 6.06. The van der Waals surface area contributed by atoms with Crippen molar-refractivity contribution in [3.8, 4) is 0 Å². The minimum Gasteiger partial charge on any atom is -0.368 e. The van der Waals surface area contributed by atoms with E-state index in [0.717, 1.165) is 50.4 Å². The standard InChI is InChI=1S/C29H36N5/c1-22-12-13-25-26(31-22)9-5-11-28(25)33-18-16-32(17-19-33)15-14-23-6-4-7-24(20-23)34-21-30-27-8-2-3-10-29(27)34/h4-7,9,11-13,20-21,27,29-30H,2-3,8,10,14-19H2,1H3. The number of aromatic nitrogens is 1. The molecule has 2 atom stereocenters. The van der Waals surface area contributed by atoms with Crippen molar-refractivity contribution < 1.29 is 0 Å². The van der Waals surface area contributed by atoms with E-state index in [4.69, 9.17) is 4.98 Å². The molecule has 2 saturated heterocycles. The van der Waals surface area contributed by atoms with E-state index in [1.54, 1.807) is 0 Å². The third-order valence-electron chi connectivity index (χ3n) is 8.00. The Labute approximate surface area is 203 Å². The van der Waals surface area contributed by atoms with E-state index in [-0.39, 0.29) is 0 Å². The van der Waals surface area contributed by atoms with Crippen molar-refractivity contribution in [1.29, 1.82) is 0 Å². The van der Waals surface area contributed by atoms with Gasteiger partial charge < -0.3 is 9.80 Å². The number of fused-ring (bicyclic) bond motifs is 2. The van der Waals surface area contributed by atoms with Gasteiger partial charge in [-0.05, 0) is 68.1 Å². The molecule has 177 valence electrons. The van der Waals surface area contributed by atoms with Crippen LogP contribution < -0.4 is 15.1 Å². The first-order valence-corrected chi connectivity index (χ1v) is 13.0. The van der Waals surface area contributed by atoms with Crippen LogP contribution in [0.2, 0.25) is 0 Å². The highest BCUT2D eigenvalue weighted by Crippen LogP contribution is 2.33. The molecule has 6 rings (SSSR count). The SMILES string of the molecule is Cc1ccc2c(N3CCN(CCc4cccc(N5[CH]NC6CCCCC65)c4)CC3)cccc2n1. The molecule has 0 amide bonds. The maximum absolute atomic E-state index is 4.72. The van der Waals surface area contributed by atoms with Crippen molar-refractivity contribution in [3.63, 3.8) is 0 Å². The fraction of sp³-hybridized carbons (Fsp3) is 0.448. The van der Waals surface area contributed by atoms with Gasteiger partial charge in [0.1, 0.15) is 6.67 Å². The van der Waals surface area contributed by atoms with Gasteiger partial charge in [0, 0.05) is 67.3 Å². The Morgan fingerprint density at radius 3 is 2.71 bits per heavy atom. The van der Waals surface area contributed by atoms with Crippen LogP contribution in [0.5, 0.6) is 0 Å². The Bertz CT molecular complexity index is 1140. The molecule has 1 aromatic heterocycles. The largest absolute Gasteiger partial charge is 0.368 e. The van der Waals surface area contributed by atoms with Crippen LogP contribution in [-0.4, -0.2) is 54.7 Å². The van der Waals surface area contributed by atoms with Crippen molar-refractivity contribution in [3.05, 3.63) is 72.5 Å². The first-order valence-electron chi connectivity index (χ1n) is 13.0. The van der Waals surface area contributed by atoms with Crippen molar-refractivity contribution in [2.75, 3.05) is 42.5 Å². The lowest BCUT2D eigenvalue weighted by molar-refractivity contribution is 0.261. The van der Waals surface area contributed by atoms with E-state index in [1.165, 1.54) is 48.0 Å². The van der Waals surface area contributed by atoms with Gasteiger partial charge in [-0.1, -0.05) is 31.0 Å². The topological polar surface area (TPSA) is 34.6 Å². The van der Waals surface area contributed by atoms with E-state index < -0.39 is 0 Å². The Balaban J connectivity index is 1.06. The van der Waals surface area contributed by atoms with Crippen LogP contribution in [0, 0.1) is 13.6 Å². The monoisotopic (exact) mass is 454 g/mol. The van der Waals surface area contributed by atoms with Crippen molar-refractivity contribution in [2.24, 2.45) is 0 Å². The maximum atomic E-state index is 4.72. The molecule has 5 heteroatoms. The minimum absolute atomic E-state index is 0.630. The number of anilines is 2. The molecular formula is C29H36N5. The Morgan fingerprint density at radius 1 is 0.941 bits per heavy atom. The number of hydrogen-bond donors (Lipinski definition) is 1. The van der Waals surface area contributed by atoms with Gasteiger partial charge in [0.05, 0.1) is 5.52 Å². The van der Waals surface area contributed by atoms with Gasteiger partial charge in [-0.15, -0.1) is 0 Å². The number of benzene rings is 2. The number of pyridine rings is 1. The summed E-state index contributed by atoms with van der Waals surface area (Å²) in [6.45, 7) is 9.79. The molecule has 5 nitrogen and oxygen atoms in total. The normalized spacial score (nSPS) is 23.4. The van der Waals surface area contributed by atoms with Gasteiger partial charge in [0.25, 0.3) is 0 Å². The molecule has 3 fully saturated rings. The summed E-state index contributed by atoms with van der Waals surface area (Å²) in [5.41, 5.74) is 6.31.